The van der Waals surface area contributed by atoms with E-state index >= 15 is 0 Å². The molecule has 6 rings (SSSR count). The van der Waals surface area contributed by atoms with E-state index in [0.717, 1.165) is 51.2 Å². The second-order valence-electron chi connectivity index (χ2n) is 10.2. The third kappa shape index (κ3) is 6.89. The largest absolute Gasteiger partial charge is 0.457 e. The predicted octanol–water partition coefficient (Wildman–Crippen LogP) is 8.99. The van der Waals surface area contributed by atoms with Crippen LogP contribution in [0.15, 0.2) is 146 Å². The lowest BCUT2D eigenvalue weighted by Crippen LogP contribution is -2.03. The van der Waals surface area contributed by atoms with Crippen molar-refractivity contribution in [3.8, 4) is 34.5 Å². The minimum Gasteiger partial charge on any atom is -0.457 e. The van der Waals surface area contributed by atoms with Gasteiger partial charge in [-0.2, -0.15) is 0 Å². The molecule has 0 aromatic heterocycles. The molecule has 0 bridgehead atoms. The molecule has 6 nitrogen and oxygen atoms in total. The number of nitrogen functional groups attached to an aromatic ring is 3. The van der Waals surface area contributed by atoms with Crippen molar-refractivity contribution in [3.63, 3.8) is 0 Å². The Hall–Kier alpha value is -5.88. The van der Waals surface area contributed by atoms with Crippen LogP contribution < -0.4 is 31.4 Å². The molecule has 0 saturated heterocycles. The van der Waals surface area contributed by atoms with Crippen LogP contribution in [0.3, 0.4) is 0 Å². The van der Waals surface area contributed by atoms with Gasteiger partial charge in [-0.1, -0.05) is 36.4 Å². The Labute approximate surface area is 250 Å². The predicted molar refractivity (Wildman–Crippen MR) is 173 cm³/mol. The summed E-state index contributed by atoms with van der Waals surface area (Å²) < 4.78 is 18.1. The van der Waals surface area contributed by atoms with Crippen molar-refractivity contribution >= 4 is 17.1 Å². The van der Waals surface area contributed by atoms with Crippen molar-refractivity contribution in [1.29, 1.82) is 0 Å². The van der Waals surface area contributed by atoms with E-state index in [1.54, 1.807) is 0 Å². The Morgan fingerprint density at radius 1 is 0.279 bits per heavy atom. The van der Waals surface area contributed by atoms with Crippen LogP contribution in [0.2, 0.25) is 0 Å². The molecule has 0 aliphatic carbocycles. The van der Waals surface area contributed by atoms with Crippen molar-refractivity contribution in [2.45, 2.75) is 5.92 Å². The molecule has 6 N–H and O–H groups in total. The fourth-order valence-corrected chi connectivity index (χ4v) is 4.78. The molecule has 0 amide bonds. The van der Waals surface area contributed by atoms with Crippen molar-refractivity contribution < 1.29 is 14.2 Å². The number of benzene rings is 6. The van der Waals surface area contributed by atoms with Crippen LogP contribution in [0, 0.1) is 0 Å². The van der Waals surface area contributed by atoms with Crippen LogP contribution in [-0.4, -0.2) is 0 Å². The van der Waals surface area contributed by atoms with Gasteiger partial charge in [-0.05, 0) is 126 Å². The number of hydrogen-bond donors (Lipinski definition) is 3. The topological polar surface area (TPSA) is 106 Å². The highest BCUT2D eigenvalue weighted by atomic mass is 16.5. The monoisotopic (exact) mass is 565 g/mol. The van der Waals surface area contributed by atoms with Crippen LogP contribution in [0.25, 0.3) is 0 Å². The summed E-state index contributed by atoms with van der Waals surface area (Å²) in [6.07, 6.45) is 0. The lowest BCUT2D eigenvalue weighted by atomic mass is 9.85. The molecule has 6 aromatic rings. The molecule has 0 radical (unpaired) electrons. The number of ether oxygens (including phenoxy) is 3. The maximum absolute atomic E-state index is 6.03. The smallest absolute Gasteiger partial charge is 0.127 e. The highest BCUT2D eigenvalue weighted by Crippen LogP contribution is 2.36. The number of nitrogens with two attached hydrogens (primary N) is 3. The van der Waals surface area contributed by atoms with Gasteiger partial charge in [-0.25, -0.2) is 0 Å². The first kappa shape index (κ1) is 27.3. The Morgan fingerprint density at radius 3 is 0.674 bits per heavy atom. The summed E-state index contributed by atoms with van der Waals surface area (Å²) in [7, 11) is 0. The van der Waals surface area contributed by atoms with Gasteiger partial charge in [-0.3, -0.25) is 0 Å². The molecule has 0 aliphatic rings. The van der Waals surface area contributed by atoms with Crippen molar-refractivity contribution in [2.75, 3.05) is 17.2 Å². The summed E-state index contributed by atoms with van der Waals surface area (Å²) >= 11 is 0. The first-order chi connectivity index (χ1) is 21.0. The standard InChI is InChI=1S/C37H31N3O3/c38-28-7-19-34(20-8-28)41-31-13-1-25(2-14-31)37(26-3-15-32(16-4-26)42-35-21-9-29(39)10-22-35)27-5-17-33(18-6-27)43-36-23-11-30(40)12-24-36/h1-24,37H,38-40H2. The minimum atomic E-state index is -0.0401. The summed E-state index contributed by atoms with van der Waals surface area (Å²) in [5.74, 6) is 4.37. The van der Waals surface area contributed by atoms with E-state index in [1.807, 2.05) is 109 Å². The molecule has 0 unspecified atom stereocenters. The second kappa shape index (κ2) is 12.3. The molecule has 0 aliphatic heterocycles. The SMILES string of the molecule is Nc1ccc(Oc2ccc(C(c3ccc(Oc4ccc(N)cc4)cc3)c3ccc(Oc4ccc(N)cc4)cc3)cc2)cc1. The molecular formula is C37H31N3O3. The molecular weight excluding hydrogens is 534 g/mol. The van der Waals surface area contributed by atoms with Gasteiger partial charge in [0.25, 0.3) is 0 Å². The summed E-state index contributed by atoms with van der Waals surface area (Å²) in [6, 6.07) is 46.5. The zero-order chi connectivity index (χ0) is 29.6. The van der Waals surface area contributed by atoms with Gasteiger partial charge in [0, 0.05) is 23.0 Å². The molecule has 43 heavy (non-hydrogen) atoms. The second-order valence-corrected chi connectivity index (χ2v) is 10.2. The van der Waals surface area contributed by atoms with Crippen LogP contribution >= 0.6 is 0 Å². The van der Waals surface area contributed by atoms with Gasteiger partial charge in [0.05, 0.1) is 0 Å². The molecule has 212 valence electrons. The van der Waals surface area contributed by atoms with Crippen LogP contribution in [-0.2, 0) is 0 Å². The van der Waals surface area contributed by atoms with Crippen LogP contribution in [0.4, 0.5) is 17.1 Å². The van der Waals surface area contributed by atoms with E-state index in [1.165, 1.54) is 0 Å². The van der Waals surface area contributed by atoms with E-state index in [2.05, 4.69) is 36.4 Å². The zero-order valence-electron chi connectivity index (χ0n) is 23.4. The fraction of sp³-hybridized carbons (Fsp3) is 0.0270. The zero-order valence-corrected chi connectivity index (χ0v) is 23.4. The summed E-state index contributed by atoms with van der Waals surface area (Å²) in [5.41, 5.74) is 22.9. The van der Waals surface area contributed by atoms with E-state index in [4.69, 9.17) is 31.4 Å². The van der Waals surface area contributed by atoms with E-state index < -0.39 is 0 Å². The molecule has 6 aromatic carbocycles. The first-order valence-electron chi connectivity index (χ1n) is 13.9. The third-order valence-electron chi connectivity index (χ3n) is 6.99. The van der Waals surface area contributed by atoms with Crippen molar-refractivity contribution in [2.24, 2.45) is 0 Å². The van der Waals surface area contributed by atoms with Gasteiger partial charge in [0.2, 0.25) is 0 Å². The van der Waals surface area contributed by atoms with Gasteiger partial charge < -0.3 is 31.4 Å². The summed E-state index contributed by atoms with van der Waals surface area (Å²) in [6.45, 7) is 0. The van der Waals surface area contributed by atoms with Crippen molar-refractivity contribution in [3.05, 3.63) is 162 Å². The summed E-state index contributed by atoms with van der Waals surface area (Å²) in [5, 5.41) is 0. The Bertz CT molecular complexity index is 1550. The highest BCUT2D eigenvalue weighted by Gasteiger charge is 2.18. The number of anilines is 3. The van der Waals surface area contributed by atoms with Gasteiger partial charge >= 0.3 is 0 Å². The van der Waals surface area contributed by atoms with Gasteiger partial charge in [-0.15, -0.1) is 0 Å². The molecule has 0 fully saturated rings. The Morgan fingerprint density at radius 2 is 0.465 bits per heavy atom. The van der Waals surface area contributed by atoms with Gasteiger partial charge in [0.15, 0.2) is 0 Å². The van der Waals surface area contributed by atoms with Gasteiger partial charge in [0.1, 0.15) is 34.5 Å². The Kier molecular flexibility index (Phi) is 7.82. The van der Waals surface area contributed by atoms with E-state index in [9.17, 15) is 0 Å². The average molecular weight is 566 g/mol. The molecule has 0 heterocycles. The summed E-state index contributed by atoms with van der Waals surface area (Å²) in [4.78, 5) is 0. The fourth-order valence-electron chi connectivity index (χ4n) is 4.78. The molecule has 0 spiro atoms. The molecule has 6 heteroatoms. The quantitative estimate of drug-likeness (QED) is 0.119. The normalized spacial score (nSPS) is 10.8. The Balaban J connectivity index is 1.27. The lowest BCUT2D eigenvalue weighted by molar-refractivity contribution is 0.482. The van der Waals surface area contributed by atoms with E-state index in [-0.39, 0.29) is 5.92 Å². The maximum atomic E-state index is 6.03. The minimum absolute atomic E-state index is 0.0401. The van der Waals surface area contributed by atoms with Crippen LogP contribution in [0.5, 0.6) is 34.5 Å². The van der Waals surface area contributed by atoms with Crippen LogP contribution in [0.1, 0.15) is 22.6 Å². The van der Waals surface area contributed by atoms with E-state index in [0.29, 0.717) is 17.1 Å². The third-order valence-corrected chi connectivity index (χ3v) is 6.99. The maximum Gasteiger partial charge on any atom is 0.127 e. The number of rotatable bonds is 9. The molecule has 0 atom stereocenters. The first-order valence-corrected chi connectivity index (χ1v) is 13.9. The molecule has 0 saturated carbocycles. The average Bonchev–Trinajstić information content (AvgIpc) is 3.03. The number of hydrogen-bond acceptors (Lipinski definition) is 6. The lowest BCUT2D eigenvalue weighted by Gasteiger charge is -2.20. The highest BCUT2D eigenvalue weighted by molar-refractivity contribution is 5.50. The van der Waals surface area contributed by atoms with Crippen molar-refractivity contribution in [1.82, 2.24) is 0 Å².